The minimum Gasteiger partial charge on any atom is -0.351 e. The second-order valence-corrected chi connectivity index (χ2v) is 10.5. The number of hydrogen-bond acceptors (Lipinski definition) is 3. The van der Waals surface area contributed by atoms with E-state index in [4.69, 9.17) is 0 Å². The van der Waals surface area contributed by atoms with Gasteiger partial charge in [-0.25, -0.2) is 0 Å². The topological polar surface area (TPSA) is 54.3 Å². The summed E-state index contributed by atoms with van der Waals surface area (Å²) in [7, 11) is 0. The number of carbonyl (C=O) groups excluding carboxylic acids is 2. The molecule has 5 nitrogen and oxygen atoms in total. The summed E-state index contributed by atoms with van der Waals surface area (Å²) in [6.07, 6.45) is 6.35. The predicted octanol–water partition coefficient (Wildman–Crippen LogP) is 5.12. The molecule has 0 radical (unpaired) electrons. The Hall–Kier alpha value is -2.86. The van der Waals surface area contributed by atoms with Gasteiger partial charge in [0.2, 0.25) is 5.91 Å². The largest absolute Gasteiger partial charge is 0.351 e. The lowest BCUT2D eigenvalue weighted by Gasteiger charge is -2.45. The maximum absolute atomic E-state index is 13.8. The third kappa shape index (κ3) is 4.24. The third-order valence-electron chi connectivity index (χ3n) is 7.17. The average Bonchev–Trinajstić information content (AvgIpc) is 3.50. The van der Waals surface area contributed by atoms with Crippen molar-refractivity contribution >= 4 is 23.2 Å². The molecule has 1 fully saturated rings. The zero-order valence-corrected chi connectivity index (χ0v) is 19.9. The van der Waals surface area contributed by atoms with Gasteiger partial charge < -0.3 is 14.8 Å². The standard InChI is InChI=1S/C27H31N3O2S/c1-27(26(32)28-21-11-6-3-7-12-21)19-29-23(20-9-4-2-5-10-20)14-15-24(29)25(31)30(27)17-16-22-13-8-18-33-22/h2,4-5,8-10,13-15,18,21H,3,6-7,11-12,16-17,19H2,1H3,(H,28,32)/t27-/m1/s1. The molecule has 0 bridgehead atoms. The number of nitrogens with one attached hydrogen (secondary N) is 1. The monoisotopic (exact) mass is 461 g/mol. The van der Waals surface area contributed by atoms with Gasteiger partial charge in [0, 0.05) is 23.2 Å². The lowest BCUT2D eigenvalue weighted by molar-refractivity contribution is -0.133. The van der Waals surface area contributed by atoms with Crippen molar-refractivity contribution in [1.29, 1.82) is 0 Å². The number of fused-ring (bicyclic) bond motifs is 1. The van der Waals surface area contributed by atoms with Crippen LogP contribution in [0.3, 0.4) is 0 Å². The van der Waals surface area contributed by atoms with E-state index in [2.05, 4.69) is 28.9 Å². The van der Waals surface area contributed by atoms with Gasteiger partial charge in [0.05, 0.1) is 6.54 Å². The minimum atomic E-state index is -0.943. The van der Waals surface area contributed by atoms with Crippen molar-refractivity contribution in [1.82, 2.24) is 14.8 Å². The molecule has 2 amide bonds. The molecular weight excluding hydrogens is 430 g/mol. The Morgan fingerprint density at radius 1 is 1.03 bits per heavy atom. The normalized spacial score (nSPS) is 21.1. The van der Waals surface area contributed by atoms with Crippen LogP contribution in [0.15, 0.2) is 60.0 Å². The first-order valence-electron chi connectivity index (χ1n) is 12.0. The molecule has 1 aromatic carbocycles. The van der Waals surface area contributed by atoms with Crippen LogP contribution in [0.2, 0.25) is 0 Å². The van der Waals surface area contributed by atoms with Gasteiger partial charge >= 0.3 is 0 Å². The maximum atomic E-state index is 13.8. The van der Waals surface area contributed by atoms with Crippen molar-refractivity contribution in [2.75, 3.05) is 6.54 Å². The van der Waals surface area contributed by atoms with Gasteiger partial charge in [-0.3, -0.25) is 9.59 Å². The highest BCUT2D eigenvalue weighted by molar-refractivity contribution is 7.09. The third-order valence-corrected chi connectivity index (χ3v) is 8.10. The van der Waals surface area contributed by atoms with Crippen LogP contribution in [0, 0.1) is 0 Å². The smallest absolute Gasteiger partial charge is 0.271 e. The Morgan fingerprint density at radius 3 is 2.52 bits per heavy atom. The quantitative estimate of drug-likeness (QED) is 0.554. The summed E-state index contributed by atoms with van der Waals surface area (Å²) < 4.78 is 2.04. The molecular formula is C27H31N3O2S. The van der Waals surface area contributed by atoms with Gasteiger partial charge in [-0.2, -0.15) is 0 Å². The fourth-order valence-corrected chi connectivity index (χ4v) is 5.95. The van der Waals surface area contributed by atoms with E-state index in [0.29, 0.717) is 18.8 Å². The molecule has 1 N–H and O–H groups in total. The van der Waals surface area contributed by atoms with Crippen molar-refractivity contribution in [3.05, 3.63) is 70.5 Å². The van der Waals surface area contributed by atoms with Crippen molar-refractivity contribution < 1.29 is 9.59 Å². The van der Waals surface area contributed by atoms with Gasteiger partial charge in [0.15, 0.2) is 0 Å². The number of rotatable bonds is 6. The molecule has 1 atom stereocenters. The zero-order valence-electron chi connectivity index (χ0n) is 19.1. The number of hydrogen-bond donors (Lipinski definition) is 1. The second-order valence-electron chi connectivity index (χ2n) is 9.42. The van der Waals surface area contributed by atoms with E-state index in [1.165, 1.54) is 11.3 Å². The van der Waals surface area contributed by atoms with Crippen LogP contribution in [-0.2, 0) is 17.8 Å². The highest BCUT2D eigenvalue weighted by Gasteiger charge is 2.48. The van der Waals surface area contributed by atoms with Crippen molar-refractivity contribution in [2.24, 2.45) is 0 Å². The molecule has 5 rings (SSSR count). The zero-order chi connectivity index (χ0) is 22.8. The van der Waals surface area contributed by atoms with Gasteiger partial charge in [-0.05, 0) is 55.3 Å². The first kappa shape index (κ1) is 22.0. The highest BCUT2D eigenvalue weighted by atomic mass is 32.1. The van der Waals surface area contributed by atoms with Gasteiger partial charge in [0.25, 0.3) is 5.91 Å². The van der Waals surface area contributed by atoms with Crippen LogP contribution in [0.4, 0.5) is 0 Å². The van der Waals surface area contributed by atoms with Crippen LogP contribution >= 0.6 is 11.3 Å². The lowest BCUT2D eigenvalue weighted by atomic mass is 9.91. The number of benzene rings is 1. The van der Waals surface area contributed by atoms with E-state index >= 15 is 0 Å². The first-order chi connectivity index (χ1) is 16.1. The number of amides is 2. The van der Waals surface area contributed by atoms with E-state index in [9.17, 15) is 9.59 Å². The number of aromatic nitrogens is 1. The summed E-state index contributed by atoms with van der Waals surface area (Å²) in [4.78, 5) is 30.6. The number of nitrogens with zero attached hydrogens (tertiary/aromatic N) is 2. The SMILES string of the molecule is C[C@]1(C(=O)NC2CCCCC2)Cn2c(ccc2-c2ccccc2)C(=O)N1CCc1cccs1. The summed E-state index contributed by atoms with van der Waals surface area (Å²) in [5, 5.41) is 5.37. The molecule has 1 aliphatic carbocycles. The molecule has 3 heterocycles. The summed E-state index contributed by atoms with van der Waals surface area (Å²) in [5.74, 6) is -0.103. The van der Waals surface area contributed by atoms with Crippen LogP contribution in [-0.4, -0.2) is 39.4 Å². The molecule has 0 saturated heterocycles. The molecule has 33 heavy (non-hydrogen) atoms. The Labute approximate surface area is 199 Å². The van der Waals surface area contributed by atoms with Crippen LogP contribution < -0.4 is 5.32 Å². The van der Waals surface area contributed by atoms with Gasteiger partial charge in [-0.1, -0.05) is 55.7 Å². The average molecular weight is 462 g/mol. The number of carbonyl (C=O) groups is 2. The second kappa shape index (κ2) is 9.18. The molecule has 0 unspecified atom stereocenters. The van der Waals surface area contributed by atoms with Crippen molar-refractivity contribution in [2.45, 2.75) is 63.6 Å². The number of thiophene rings is 1. The molecule has 1 saturated carbocycles. The van der Waals surface area contributed by atoms with E-state index < -0.39 is 5.54 Å². The summed E-state index contributed by atoms with van der Waals surface area (Å²) in [6.45, 7) is 2.92. The Morgan fingerprint density at radius 2 is 1.79 bits per heavy atom. The molecule has 2 aromatic heterocycles. The summed E-state index contributed by atoms with van der Waals surface area (Å²) >= 11 is 1.69. The van der Waals surface area contributed by atoms with Crippen molar-refractivity contribution in [3.8, 4) is 11.3 Å². The minimum absolute atomic E-state index is 0.0349. The van der Waals surface area contributed by atoms with E-state index in [0.717, 1.165) is 43.4 Å². The van der Waals surface area contributed by atoms with Crippen LogP contribution in [0.25, 0.3) is 11.3 Å². The van der Waals surface area contributed by atoms with E-state index in [1.807, 2.05) is 52.8 Å². The maximum Gasteiger partial charge on any atom is 0.271 e. The first-order valence-corrected chi connectivity index (χ1v) is 12.8. The Bertz CT molecular complexity index is 1120. The molecule has 1 aliphatic heterocycles. The molecule has 172 valence electrons. The van der Waals surface area contributed by atoms with Crippen LogP contribution in [0.1, 0.15) is 54.4 Å². The molecule has 2 aliphatic rings. The van der Waals surface area contributed by atoms with Gasteiger partial charge in [0.1, 0.15) is 11.2 Å². The Kier molecular flexibility index (Phi) is 6.11. The fraction of sp³-hybridized carbons (Fsp3) is 0.407. The summed E-state index contributed by atoms with van der Waals surface area (Å²) in [5.41, 5.74) is 1.75. The molecule has 6 heteroatoms. The lowest BCUT2D eigenvalue weighted by Crippen LogP contribution is -2.65. The summed E-state index contributed by atoms with van der Waals surface area (Å²) in [6, 6.07) is 18.3. The van der Waals surface area contributed by atoms with Crippen molar-refractivity contribution in [3.63, 3.8) is 0 Å². The van der Waals surface area contributed by atoms with Crippen LogP contribution in [0.5, 0.6) is 0 Å². The van der Waals surface area contributed by atoms with E-state index in [-0.39, 0.29) is 17.9 Å². The predicted molar refractivity (Wildman–Crippen MR) is 132 cm³/mol. The molecule has 3 aromatic rings. The molecule has 0 spiro atoms. The van der Waals surface area contributed by atoms with Gasteiger partial charge in [-0.15, -0.1) is 11.3 Å². The fourth-order valence-electron chi connectivity index (χ4n) is 5.25. The van der Waals surface area contributed by atoms with E-state index in [1.54, 1.807) is 11.3 Å². The highest BCUT2D eigenvalue weighted by Crippen LogP contribution is 2.34. The Balaban J connectivity index is 1.49.